The zero-order valence-electron chi connectivity index (χ0n) is 9.73. The van der Waals surface area contributed by atoms with E-state index in [1.54, 1.807) is 17.2 Å². The predicted octanol–water partition coefficient (Wildman–Crippen LogP) is 2.23. The number of amides is 1. The average Bonchev–Trinajstić information content (AvgIpc) is 2.72. The van der Waals surface area contributed by atoms with Crippen molar-refractivity contribution in [1.82, 2.24) is 4.98 Å². The first-order valence-corrected chi connectivity index (χ1v) is 6.82. The van der Waals surface area contributed by atoms with Crippen LogP contribution in [-0.2, 0) is 4.79 Å². The molecule has 0 aromatic carbocycles. The normalized spacial score (nSPS) is 19.8. The molecule has 17 heavy (non-hydrogen) atoms. The van der Waals surface area contributed by atoms with Gasteiger partial charge in [-0.2, -0.15) is 0 Å². The smallest absolute Gasteiger partial charge is 0.227 e. The number of carbonyl (C=O) groups is 1. The van der Waals surface area contributed by atoms with E-state index in [0.717, 1.165) is 17.6 Å². The van der Waals surface area contributed by atoms with E-state index in [1.807, 2.05) is 13.0 Å². The number of rotatable bonds is 4. The van der Waals surface area contributed by atoms with E-state index in [4.69, 9.17) is 4.74 Å². The Morgan fingerprint density at radius 1 is 1.59 bits per heavy atom. The number of nitrogens with zero attached hydrogens (tertiary/aromatic N) is 2. The van der Waals surface area contributed by atoms with E-state index in [2.05, 4.69) is 20.9 Å². The van der Waals surface area contributed by atoms with E-state index in [-0.39, 0.29) is 5.91 Å². The largest absolute Gasteiger partial charge is 0.478 e. The summed E-state index contributed by atoms with van der Waals surface area (Å²) in [5.41, 5.74) is 0.849. The number of anilines is 1. The van der Waals surface area contributed by atoms with Crippen LogP contribution in [0.25, 0.3) is 0 Å². The number of alkyl halides is 1. The Balaban J connectivity index is 2.09. The van der Waals surface area contributed by atoms with Crippen LogP contribution in [0.2, 0.25) is 0 Å². The van der Waals surface area contributed by atoms with Crippen molar-refractivity contribution in [2.45, 2.75) is 13.3 Å². The molecule has 2 rings (SSSR count). The van der Waals surface area contributed by atoms with Crippen molar-refractivity contribution in [3.05, 3.63) is 18.3 Å². The van der Waals surface area contributed by atoms with Crippen molar-refractivity contribution in [2.75, 3.05) is 23.4 Å². The summed E-state index contributed by atoms with van der Waals surface area (Å²) in [6, 6.07) is 3.68. The van der Waals surface area contributed by atoms with E-state index in [1.165, 1.54) is 0 Å². The summed E-state index contributed by atoms with van der Waals surface area (Å²) in [7, 11) is 0. The van der Waals surface area contributed by atoms with Gasteiger partial charge in [-0.1, -0.05) is 15.9 Å². The molecule has 4 nitrogen and oxygen atoms in total. The van der Waals surface area contributed by atoms with Gasteiger partial charge in [0.05, 0.1) is 18.5 Å². The summed E-state index contributed by atoms with van der Waals surface area (Å²) in [5, 5.41) is 0.861. The molecule has 0 N–H and O–H groups in total. The van der Waals surface area contributed by atoms with Crippen molar-refractivity contribution in [1.29, 1.82) is 0 Å². The van der Waals surface area contributed by atoms with Crippen molar-refractivity contribution < 1.29 is 9.53 Å². The highest BCUT2D eigenvalue weighted by Gasteiger charge is 2.29. The lowest BCUT2D eigenvalue weighted by atomic mass is 10.2. The fourth-order valence-electron chi connectivity index (χ4n) is 1.90. The number of hydrogen-bond donors (Lipinski definition) is 0. The summed E-state index contributed by atoms with van der Waals surface area (Å²) in [5.74, 6) is 1.16. The lowest BCUT2D eigenvalue weighted by molar-refractivity contribution is -0.117. The standard InChI is InChI=1S/C12H15BrN2O2/c1-2-17-11-4-3-10(7-14-11)15-8-9(6-13)5-12(15)16/h3-4,7,9H,2,5-6,8H2,1H3. The molecule has 1 unspecified atom stereocenters. The highest BCUT2D eigenvalue weighted by molar-refractivity contribution is 9.09. The molecule has 1 saturated heterocycles. The lowest BCUT2D eigenvalue weighted by Crippen LogP contribution is -2.24. The van der Waals surface area contributed by atoms with E-state index < -0.39 is 0 Å². The molecule has 2 heterocycles. The van der Waals surface area contributed by atoms with Crippen LogP contribution >= 0.6 is 15.9 Å². The Kier molecular flexibility index (Phi) is 3.99. The van der Waals surface area contributed by atoms with Gasteiger partial charge in [-0.3, -0.25) is 4.79 Å². The number of carbonyl (C=O) groups excluding carboxylic acids is 1. The van der Waals surface area contributed by atoms with Crippen LogP contribution in [0.5, 0.6) is 5.88 Å². The summed E-state index contributed by atoms with van der Waals surface area (Å²) < 4.78 is 5.27. The van der Waals surface area contributed by atoms with Crippen LogP contribution in [0.3, 0.4) is 0 Å². The van der Waals surface area contributed by atoms with Gasteiger partial charge in [0, 0.05) is 24.4 Å². The molecule has 1 aromatic rings. The molecule has 0 bridgehead atoms. The molecule has 0 radical (unpaired) electrons. The summed E-state index contributed by atoms with van der Waals surface area (Å²) in [4.78, 5) is 17.8. The lowest BCUT2D eigenvalue weighted by Gasteiger charge is -2.16. The zero-order valence-corrected chi connectivity index (χ0v) is 11.3. The van der Waals surface area contributed by atoms with Crippen molar-refractivity contribution in [3.8, 4) is 5.88 Å². The molecule has 1 aliphatic rings. The van der Waals surface area contributed by atoms with Gasteiger partial charge in [0.15, 0.2) is 0 Å². The first kappa shape index (κ1) is 12.4. The van der Waals surface area contributed by atoms with Gasteiger partial charge in [0.25, 0.3) is 0 Å². The van der Waals surface area contributed by atoms with Crippen molar-refractivity contribution in [3.63, 3.8) is 0 Å². The monoisotopic (exact) mass is 298 g/mol. The number of hydrogen-bond acceptors (Lipinski definition) is 3. The predicted molar refractivity (Wildman–Crippen MR) is 69.7 cm³/mol. The molecule has 1 fully saturated rings. The van der Waals surface area contributed by atoms with Gasteiger partial charge >= 0.3 is 0 Å². The molecule has 1 aliphatic heterocycles. The Morgan fingerprint density at radius 2 is 2.41 bits per heavy atom. The fourth-order valence-corrected chi connectivity index (χ4v) is 2.33. The molecule has 0 aliphatic carbocycles. The minimum atomic E-state index is 0.167. The summed E-state index contributed by atoms with van der Waals surface area (Å²) in [6.45, 7) is 3.28. The van der Waals surface area contributed by atoms with Crippen LogP contribution in [0.4, 0.5) is 5.69 Å². The molecular formula is C12H15BrN2O2. The minimum Gasteiger partial charge on any atom is -0.478 e. The van der Waals surface area contributed by atoms with Gasteiger partial charge in [-0.15, -0.1) is 0 Å². The maximum absolute atomic E-state index is 11.8. The summed E-state index contributed by atoms with van der Waals surface area (Å²) >= 11 is 3.42. The summed E-state index contributed by atoms with van der Waals surface area (Å²) in [6.07, 6.45) is 2.30. The third kappa shape index (κ3) is 2.77. The van der Waals surface area contributed by atoms with Gasteiger partial charge in [0.1, 0.15) is 0 Å². The molecular weight excluding hydrogens is 284 g/mol. The Morgan fingerprint density at radius 3 is 2.94 bits per heavy atom. The fraction of sp³-hybridized carbons (Fsp3) is 0.500. The molecule has 92 valence electrons. The molecule has 1 atom stereocenters. The number of aromatic nitrogens is 1. The maximum Gasteiger partial charge on any atom is 0.227 e. The highest BCUT2D eigenvalue weighted by Crippen LogP contribution is 2.26. The minimum absolute atomic E-state index is 0.167. The van der Waals surface area contributed by atoms with Crippen molar-refractivity contribution in [2.24, 2.45) is 5.92 Å². The van der Waals surface area contributed by atoms with Crippen LogP contribution in [0, 0.1) is 5.92 Å². The maximum atomic E-state index is 11.8. The van der Waals surface area contributed by atoms with E-state index >= 15 is 0 Å². The second kappa shape index (κ2) is 5.49. The number of ether oxygens (including phenoxy) is 1. The van der Waals surface area contributed by atoms with Crippen molar-refractivity contribution >= 4 is 27.5 Å². The quantitative estimate of drug-likeness (QED) is 0.801. The third-order valence-corrected chi connectivity index (χ3v) is 3.66. The van der Waals surface area contributed by atoms with Crippen LogP contribution in [-0.4, -0.2) is 29.4 Å². The van der Waals surface area contributed by atoms with E-state index in [0.29, 0.717) is 24.8 Å². The Labute approximate surface area is 109 Å². The number of pyridine rings is 1. The second-order valence-corrected chi connectivity index (χ2v) is 4.66. The molecule has 1 aromatic heterocycles. The Bertz CT molecular complexity index is 394. The van der Waals surface area contributed by atoms with Crippen LogP contribution < -0.4 is 9.64 Å². The first-order chi connectivity index (χ1) is 8.24. The highest BCUT2D eigenvalue weighted by atomic mass is 79.9. The van der Waals surface area contributed by atoms with Gasteiger partial charge in [-0.05, 0) is 18.9 Å². The van der Waals surface area contributed by atoms with Gasteiger partial charge < -0.3 is 9.64 Å². The first-order valence-electron chi connectivity index (χ1n) is 5.69. The Hall–Kier alpha value is -1.10. The SMILES string of the molecule is CCOc1ccc(N2CC(CBr)CC2=O)cn1. The van der Waals surface area contributed by atoms with E-state index in [9.17, 15) is 4.79 Å². The topological polar surface area (TPSA) is 42.4 Å². The average molecular weight is 299 g/mol. The van der Waals surface area contributed by atoms with Gasteiger partial charge in [-0.25, -0.2) is 4.98 Å². The van der Waals surface area contributed by atoms with Crippen LogP contribution in [0.1, 0.15) is 13.3 Å². The molecule has 0 saturated carbocycles. The van der Waals surface area contributed by atoms with Gasteiger partial charge in [0.2, 0.25) is 11.8 Å². The molecule has 5 heteroatoms. The number of halogens is 1. The molecule has 0 spiro atoms. The second-order valence-electron chi connectivity index (χ2n) is 4.02. The van der Waals surface area contributed by atoms with Crippen LogP contribution in [0.15, 0.2) is 18.3 Å². The zero-order chi connectivity index (χ0) is 12.3. The molecule has 1 amide bonds. The third-order valence-electron chi connectivity index (χ3n) is 2.75.